The van der Waals surface area contributed by atoms with Crippen LogP contribution >= 0.6 is 0 Å². The van der Waals surface area contributed by atoms with Crippen molar-refractivity contribution in [3.63, 3.8) is 0 Å². The molecule has 22 heavy (non-hydrogen) atoms. The van der Waals surface area contributed by atoms with Crippen molar-refractivity contribution in [3.05, 3.63) is 35.5 Å². The third-order valence-electron chi connectivity index (χ3n) is 4.69. The molecule has 0 bridgehead atoms. The lowest BCUT2D eigenvalue weighted by Crippen LogP contribution is -2.42. The van der Waals surface area contributed by atoms with Gasteiger partial charge in [-0.1, -0.05) is 19.1 Å². The summed E-state index contributed by atoms with van der Waals surface area (Å²) in [5.41, 5.74) is 9.94. The third-order valence-corrected chi connectivity index (χ3v) is 4.69. The third kappa shape index (κ3) is 3.26. The van der Waals surface area contributed by atoms with E-state index in [0.717, 1.165) is 32.0 Å². The van der Waals surface area contributed by atoms with E-state index in [-0.39, 0.29) is 0 Å². The minimum absolute atomic E-state index is 0.711. The zero-order chi connectivity index (χ0) is 15.5. The summed E-state index contributed by atoms with van der Waals surface area (Å²) in [4.78, 5) is 10.1. The van der Waals surface area contributed by atoms with Gasteiger partial charge in [-0.3, -0.25) is 4.99 Å². The molecule has 1 aliphatic heterocycles. The van der Waals surface area contributed by atoms with Gasteiger partial charge in [0.1, 0.15) is 0 Å². The number of H-pyrrole nitrogens is 1. The monoisotopic (exact) mass is 298 g/mol. The molecule has 0 amide bonds. The van der Waals surface area contributed by atoms with Gasteiger partial charge in [-0.05, 0) is 49.3 Å². The molecule has 0 spiro atoms. The van der Waals surface area contributed by atoms with Crippen LogP contribution < -0.4 is 5.73 Å². The molecule has 0 saturated carbocycles. The fraction of sp³-hybridized carbons (Fsp3) is 0.500. The maximum Gasteiger partial charge on any atom is 0.191 e. The largest absolute Gasteiger partial charge is 0.370 e. The van der Waals surface area contributed by atoms with Crippen molar-refractivity contribution in [2.24, 2.45) is 16.6 Å². The number of fused-ring (bicyclic) bond motifs is 1. The van der Waals surface area contributed by atoms with Crippen LogP contribution in [0.25, 0.3) is 10.9 Å². The van der Waals surface area contributed by atoms with Crippen LogP contribution in [0.5, 0.6) is 0 Å². The molecule has 4 heteroatoms. The molecule has 1 fully saturated rings. The molecule has 3 N–H and O–H groups in total. The molecule has 4 nitrogen and oxygen atoms in total. The van der Waals surface area contributed by atoms with E-state index >= 15 is 0 Å². The predicted octanol–water partition coefficient (Wildman–Crippen LogP) is 3.07. The molecule has 1 aromatic heterocycles. The van der Waals surface area contributed by atoms with Crippen molar-refractivity contribution < 1.29 is 0 Å². The van der Waals surface area contributed by atoms with Gasteiger partial charge in [0.05, 0.1) is 0 Å². The highest BCUT2D eigenvalue weighted by Gasteiger charge is 2.16. The second-order valence-corrected chi connectivity index (χ2v) is 6.52. The standard InChI is InChI=1S/C18H26N4/c1-13-6-9-22(10-7-13)18(19)20-8-5-15-12-21-17-11-14(2)3-4-16(15)17/h3-4,11-13,21H,5-10H2,1-2H3,(H2,19,20). The molecule has 118 valence electrons. The Morgan fingerprint density at radius 2 is 2.14 bits per heavy atom. The Hall–Kier alpha value is -1.97. The smallest absolute Gasteiger partial charge is 0.191 e. The summed E-state index contributed by atoms with van der Waals surface area (Å²) in [6.45, 7) is 7.26. The number of nitrogens with zero attached hydrogens (tertiary/aromatic N) is 2. The summed E-state index contributed by atoms with van der Waals surface area (Å²) in [5, 5.41) is 1.30. The second kappa shape index (κ2) is 6.42. The van der Waals surface area contributed by atoms with E-state index in [0.29, 0.717) is 5.96 Å². The quantitative estimate of drug-likeness (QED) is 0.676. The number of piperidine rings is 1. The number of aryl methyl sites for hydroxylation is 1. The van der Waals surface area contributed by atoms with Crippen molar-refractivity contribution in [3.8, 4) is 0 Å². The van der Waals surface area contributed by atoms with Crippen molar-refractivity contribution in [2.75, 3.05) is 19.6 Å². The molecule has 0 radical (unpaired) electrons. The molecule has 0 aliphatic carbocycles. The lowest BCUT2D eigenvalue weighted by Gasteiger charge is -2.31. The average molecular weight is 298 g/mol. The Labute approximate surface area is 132 Å². The summed E-state index contributed by atoms with van der Waals surface area (Å²) in [5.74, 6) is 1.53. The fourth-order valence-corrected chi connectivity index (χ4v) is 3.14. The molecular weight excluding hydrogens is 272 g/mol. The van der Waals surface area contributed by atoms with E-state index in [1.165, 1.54) is 34.9 Å². The Balaban J connectivity index is 1.60. The van der Waals surface area contributed by atoms with Crippen LogP contribution in [0.1, 0.15) is 30.9 Å². The van der Waals surface area contributed by atoms with Gasteiger partial charge in [-0.25, -0.2) is 0 Å². The number of aliphatic imine (C=N–C) groups is 1. The first-order valence-corrected chi connectivity index (χ1v) is 8.25. The molecule has 2 aromatic rings. The van der Waals surface area contributed by atoms with Crippen molar-refractivity contribution in [1.82, 2.24) is 9.88 Å². The molecule has 2 heterocycles. The molecule has 0 unspecified atom stereocenters. The normalized spacial score (nSPS) is 17.4. The summed E-state index contributed by atoms with van der Waals surface area (Å²) in [6, 6.07) is 6.53. The van der Waals surface area contributed by atoms with Crippen LogP contribution in [-0.4, -0.2) is 35.5 Å². The summed E-state index contributed by atoms with van der Waals surface area (Å²) >= 11 is 0. The van der Waals surface area contributed by atoms with E-state index in [1.807, 2.05) is 0 Å². The highest BCUT2D eigenvalue weighted by atomic mass is 15.3. The maximum absolute atomic E-state index is 6.13. The number of hydrogen-bond donors (Lipinski definition) is 2. The van der Waals surface area contributed by atoms with Crippen LogP contribution in [0.2, 0.25) is 0 Å². The second-order valence-electron chi connectivity index (χ2n) is 6.52. The molecule has 1 aromatic carbocycles. The van der Waals surface area contributed by atoms with Crippen LogP contribution in [0.4, 0.5) is 0 Å². The number of nitrogens with two attached hydrogens (primary N) is 1. The molecule has 1 aliphatic rings. The lowest BCUT2D eigenvalue weighted by atomic mass is 10.00. The number of aromatic nitrogens is 1. The van der Waals surface area contributed by atoms with Crippen LogP contribution in [-0.2, 0) is 6.42 Å². The number of nitrogens with one attached hydrogen (secondary N) is 1. The zero-order valence-corrected chi connectivity index (χ0v) is 13.6. The minimum atomic E-state index is 0.711. The van der Waals surface area contributed by atoms with Crippen LogP contribution in [0.3, 0.4) is 0 Å². The van der Waals surface area contributed by atoms with Gasteiger partial charge in [0.2, 0.25) is 0 Å². The predicted molar refractivity (Wildman–Crippen MR) is 93.2 cm³/mol. The number of hydrogen-bond acceptors (Lipinski definition) is 1. The van der Waals surface area contributed by atoms with Crippen LogP contribution in [0, 0.1) is 12.8 Å². The van der Waals surface area contributed by atoms with E-state index in [1.54, 1.807) is 0 Å². The number of rotatable bonds is 3. The van der Waals surface area contributed by atoms with Crippen LogP contribution in [0.15, 0.2) is 29.4 Å². The Morgan fingerprint density at radius 1 is 1.36 bits per heavy atom. The van der Waals surface area contributed by atoms with Gasteiger partial charge in [0, 0.05) is 36.7 Å². The van der Waals surface area contributed by atoms with Crippen molar-refractivity contribution in [2.45, 2.75) is 33.1 Å². The van der Waals surface area contributed by atoms with E-state index < -0.39 is 0 Å². The lowest BCUT2D eigenvalue weighted by molar-refractivity contribution is 0.277. The molecule has 3 rings (SSSR count). The SMILES string of the molecule is Cc1ccc2c(CCN=C(N)N3CCC(C)CC3)c[nH]c2c1. The Kier molecular flexibility index (Phi) is 4.36. The number of likely N-dealkylation sites (tertiary alicyclic amines) is 1. The maximum atomic E-state index is 6.13. The van der Waals surface area contributed by atoms with Gasteiger partial charge in [-0.2, -0.15) is 0 Å². The van der Waals surface area contributed by atoms with Gasteiger partial charge in [0.25, 0.3) is 0 Å². The van der Waals surface area contributed by atoms with Gasteiger partial charge < -0.3 is 15.6 Å². The first-order valence-electron chi connectivity index (χ1n) is 8.25. The van der Waals surface area contributed by atoms with Gasteiger partial charge >= 0.3 is 0 Å². The summed E-state index contributed by atoms with van der Waals surface area (Å²) in [7, 11) is 0. The first kappa shape index (κ1) is 14.9. The first-order chi connectivity index (χ1) is 10.6. The average Bonchev–Trinajstić information content (AvgIpc) is 2.90. The molecular formula is C18H26N4. The number of guanidine groups is 1. The van der Waals surface area contributed by atoms with Gasteiger partial charge in [0.15, 0.2) is 5.96 Å². The molecule has 1 saturated heterocycles. The minimum Gasteiger partial charge on any atom is -0.370 e. The highest BCUT2D eigenvalue weighted by molar-refractivity contribution is 5.84. The molecule has 0 atom stereocenters. The van der Waals surface area contributed by atoms with E-state index in [2.05, 4.69) is 53.1 Å². The van der Waals surface area contributed by atoms with Crippen molar-refractivity contribution in [1.29, 1.82) is 0 Å². The summed E-state index contributed by atoms with van der Waals surface area (Å²) < 4.78 is 0. The number of benzene rings is 1. The summed E-state index contributed by atoms with van der Waals surface area (Å²) in [6.07, 6.45) is 5.46. The van der Waals surface area contributed by atoms with Gasteiger partial charge in [-0.15, -0.1) is 0 Å². The fourth-order valence-electron chi connectivity index (χ4n) is 3.14. The van der Waals surface area contributed by atoms with E-state index in [9.17, 15) is 0 Å². The Bertz CT molecular complexity index is 663. The highest BCUT2D eigenvalue weighted by Crippen LogP contribution is 2.20. The zero-order valence-electron chi connectivity index (χ0n) is 13.6. The topological polar surface area (TPSA) is 57.4 Å². The van der Waals surface area contributed by atoms with E-state index in [4.69, 9.17) is 5.73 Å². The Morgan fingerprint density at radius 3 is 2.91 bits per heavy atom. The number of aromatic amines is 1. The van der Waals surface area contributed by atoms with Crippen molar-refractivity contribution >= 4 is 16.9 Å².